The average Bonchev–Trinajstić information content (AvgIpc) is 3.39. The van der Waals surface area contributed by atoms with Crippen LogP contribution in [0.1, 0.15) is 342 Å². The molecule has 0 amide bonds. The molecule has 0 aliphatic carbocycles. The van der Waals surface area contributed by atoms with Gasteiger partial charge in [-0.2, -0.15) is 0 Å². The highest BCUT2D eigenvalue weighted by molar-refractivity contribution is 5.71. The predicted octanol–water partition coefficient (Wildman–Crippen LogP) is 21.8. The largest absolute Gasteiger partial charge is 0.462 e. The van der Waals surface area contributed by atoms with Crippen LogP contribution in [0.3, 0.4) is 0 Å². The van der Waals surface area contributed by atoms with Gasteiger partial charge in [-0.3, -0.25) is 14.4 Å². The minimum atomic E-state index is -0.782. The number of carbonyl (C=O) groups excluding carboxylic acids is 3. The first-order chi connectivity index (χ1) is 36.0. The van der Waals surface area contributed by atoms with Crippen LogP contribution in [-0.4, -0.2) is 37.2 Å². The van der Waals surface area contributed by atoms with Crippen molar-refractivity contribution in [1.29, 1.82) is 0 Å². The molecular formula is C67H122O6. The van der Waals surface area contributed by atoms with Gasteiger partial charge in [-0.15, -0.1) is 0 Å². The third kappa shape index (κ3) is 60.1. The quantitative estimate of drug-likeness (QED) is 0.0261. The molecular weight excluding hydrogens is 901 g/mol. The van der Waals surface area contributed by atoms with Crippen molar-refractivity contribution < 1.29 is 28.6 Å². The minimum Gasteiger partial charge on any atom is -0.462 e. The van der Waals surface area contributed by atoms with Crippen molar-refractivity contribution >= 4 is 17.9 Å². The van der Waals surface area contributed by atoms with Gasteiger partial charge in [-0.25, -0.2) is 0 Å². The molecule has 0 N–H and O–H groups in total. The van der Waals surface area contributed by atoms with Gasteiger partial charge in [0.25, 0.3) is 0 Å². The van der Waals surface area contributed by atoms with E-state index in [1.54, 1.807) is 0 Å². The lowest BCUT2D eigenvalue weighted by atomic mass is 10.0. The Morgan fingerprint density at radius 2 is 0.521 bits per heavy atom. The molecule has 1 unspecified atom stereocenters. The first kappa shape index (κ1) is 70.4. The Morgan fingerprint density at radius 3 is 0.836 bits per heavy atom. The van der Waals surface area contributed by atoms with E-state index in [2.05, 4.69) is 69.4 Å². The van der Waals surface area contributed by atoms with Crippen LogP contribution in [0.15, 0.2) is 48.6 Å². The third-order valence-corrected chi connectivity index (χ3v) is 14.3. The maximum atomic E-state index is 12.9. The molecule has 0 aromatic carbocycles. The van der Waals surface area contributed by atoms with Crippen LogP contribution < -0.4 is 0 Å². The first-order valence-electron chi connectivity index (χ1n) is 32.1. The molecule has 0 heterocycles. The van der Waals surface area contributed by atoms with E-state index < -0.39 is 6.10 Å². The van der Waals surface area contributed by atoms with Crippen molar-refractivity contribution in [3.05, 3.63) is 48.6 Å². The summed E-state index contributed by atoms with van der Waals surface area (Å²) in [6, 6.07) is 0. The molecule has 0 bridgehead atoms. The number of carbonyl (C=O) groups is 3. The van der Waals surface area contributed by atoms with Crippen LogP contribution in [0.25, 0.3) is 0 Å². The van der Waals surface area contributed by atoms with Gasteiger partial charge in [-0.05, 0) is 77.0 Å². The molecule has 0 radical (unpaired) electrons. The van der Waals surface area contributed by atoms with Gasteiger partial charge < -0.3 is 14.2 Å². The fraction of sp³-hybridized carbons (Fsp3) is 0.836. The number of hydrogen-bond acceptors (Lipinski definition) is 6. The van der Waals surface area contributed by atoms with Gasteiger partial charge in [0, 0.05) is 19.3 Å². The van der Waals surface area contributed by atoms with Crippen molar-refractivity contribution in [3.63, 3.8) is 0 Å². The Balaban J connectivity index is 4.23. The van der Waals surface area contributed by atoms with Crippen molar-refractivity contribution in [2.75, 3.05) is 13.2 Å². The van der Waals surface area contributed by atoms with E-state index in [9.17, 15) is 14.4 Å². The maximum Gasteiger partial charge on any atom is 0.306 e. The highest BCUT2D eigenvalue weighted by Crippen LogP contribution is 2.17. The van der Waals surface area contributed by atoms with E-state index in [0.717, 1.165) is 96.3 Å². The Hall–Kier alpha value is -2.63. The zero-order valence-corrected chi connectivity index (χ0v) is 48.9. The lowest BCUT2D eigenvalue weighted by molar-refractivity contribution is -0.167. The van der Waals surface area contributed by atoms with E-state index in [1.165, 1.54) is 205 Å². The van der Waals surface area contributed by atoms with Crippen molar-refractivity contribution in [2.45, 2.75) is 348 Å². The molecule has 0 aromatic heterocycles. The van der Waals surface area contributed by atoms with Crippen LogP contribution in [-0.2, 0) is 28.6 Å². The predicted molar refractivity (Wildman–Crippen MR) is 316 cm³/mol. The van der Waals surface area contributed by atoms with Gasteiger partial charge in [0.15, 0.2) is 6.10 Å². The lowest BCUT2D eigenvalue weighted by Crippen LogP contribution is -2.30. The molecule has 426 valence electrons. The maximum absolute atomic E-state index is 12.9. The van der Waals surface area contributed by atoms with Gasteiger partial charge in [0.05, 0.1) is 0 Å². The molecule has 0 fully saturated rings. The molecule has 73 heavy (non-hydrogen) atoms. The zero-order chi connectivity index (χ0) is 52.9. The summed E-state index contributed by atoms with van der Waals surface area (Å²) < 4.78 is 16.9. The molecule has 0 aromatic rings. The van der Waals surface area contributed by atoms with E-state index in [-0.39, 0.29) is 31.1 Å². The molecule has 6 heteroatoms. The van der Waals surface area contributed by atoms with Crippen molar-refractivity contribution in [3.8, 4) is 0 Å². The fourth-order valence-electron chi connectivity index (χ4n) is 9.46. The number of rotatable bonds is 59. The second kappa shape index (κ2) is 61.9. The highest BCUT2D eigenvalue weighted by Gasteiger charge is 2.19. The topological polar surface area (TPSA) is 78.9 Å². The monoisotopic (exact) mass is 1020 g/mol. The fourth-order valence-corrected chi connectivity index (χ4v) is 9.46. The van der Waals surface area contributed by atoms with E-state index in [1.807, 2.05) is 0 Å². The second-order valence-corrected chi connectivity index (χ2v) is 21.7. The highest BCUT2D eigenvalue weighted by atomic mass is 16.6. The standard InChI is InChI=1S/C67H122O6/c1-4-7-10-13-16-19-22-24-26-28-30-32-33-34-36-37-39-41-43-45-48-51-54-57-60-66(69)72-63-64(62-71-65(68)59-56-53-50-47-21-18-15-12-9-6-3)73-67(70)61-58-55-52-49-46-44-42-40-38-35-31-29-27-25-23-20-17-14-11-8-5-2/h12,15,23,25,29,31,38,40,64H,4-11,13-14,16-22,24,26-28,30,32-37,39,41-63H2,1-3H3/b15-12-,25-23-,31-29-,40-38-. The zero-order valence-electron chi connectivity index (χ0n) is 48.9. The van der Waals surface area contributed by atoms with Crippen LogP contribution in [0, 0.1) is 0 Å². The van der Waals surface area contributed by atoms with Gasteiger partial charge in [0.2, 0.25) is 0 Å². The second-order valence-electron chi connectivity index (χ2n) is 21.7. The molecule has 0 spiro atoms. The van der Waals surface area contributed by atoms with Crippen LogP contribution in [0.2, 0.25) is 0 Å². The summed E-state index contributed by atoms with van der Waals surface area (Å²) in [5, 5.41) is 0. The number of hydrogen-bond donors (Lipinski definition) is 0. The first-order valence-corrected chi connectivity index (χ1v) is 32.1. The lowest BCUT2D eigenvalue weighted by Gasteiger charge is -2.18. The molecule has 0 aliphatic heterocycles. The number of allylic oxidation sites excluding steroid dienone is 8. The molecule has 0 aliphatic rings. The molecule has 0 saturated heterocycles. The third-order valence-electron chi connectivity index (χ3n) is 14.3. The molecule has 0 saturated carbocycles. The summed E-state index contributed by atoms with van der Waals surface area (Å²) in [5.41, 5.74) is 0. The van der Waals surface area contributed by atoms with Gasteiger partial charge in [0.1, 0.15) is 13.2 Å². The van der Waals surface area contributed by atoms with Crippen molar-refractivity contribution in [1.82, 2.24) is 0 Å². The van der Waals surface area contributed by atoms with Gasteiger partial charge in [-0.1, -0.05) is 294 Å². The minimum absolute atomic E-state index is 0.0780. The average molecular weight is 1020 g/mol. The Kier molecular flexibility index (Phi) is 59.7. The van der Waals surface area contributed by atoms with E-state index in [4.69, 9.17) is 14.2 Å². The number of unbranched alkanes of at least 4 members (excludes halogenated alkanes) is 40. The molecule has 0 rings (SSSR count). The summed E-state index contributed by atoms with van der Waals surface area (Å²) in [5.74, 6) is -0.884. The Bertz CT molecular complexity index is 1270. The Morgan fingerprint density at radius 1 is 0.274 bits per heavy atom. The SMILES string of the molecule is CCC/C=C\CCCCCCCC(=O)OCC(COC(=O)CCCCCCCCCCCCCCCCCCCCCCCCCC)OC(=O)CCCCCCCC/C=C\C/C=C\C/C=C\CCCCCCC. The number of esters is 3. The summed E-state index contributed by atoms with van der Waals surface area (Å²) in [6.07, 6.45) is 77.0. The summed E-state index contributed by atoms with van der Waals surface area (Å²) in [6.45, 7) is 6.60. The Labute approximate surface area is 454 Å². The van der Waals surface area contributed by atoms with Crippen LogP contribution >= 0.6 is 0 Å². The van der Waals surface area contributed by atoms with Gasteiger partial charge >= 0.3 is 17.9 Å². The van der Waals surface area contributed by atoms with E-state index >= 15 is 0 Å². The van der Waals surface area contributed by atoms with Crippen LogP contribution in [0.4, 0.5) is 0 Å². The summed E-state index contributed by atoms with van der Waals surface area (Å²) in [7, 11) is 0. The smallest absolute Gasteiger partial charge is 0.306 e. The normalized spacial score (nSPS) is 12.3. The number of ether oxygens (including phenoxy) is 3. The van der Waals surface area contributed by atoms with Crippen LogP contribution in [0.5, 0.6) is 0 Å². The van der Waals surface area contributed by atoms with Crippen molar-refractivity contribution in [2.24, 2.45) is 0 Å². The molecule has 1 atom stereocenters. The van der Waals surface area contributed by atoms with E-state index in [0.29, 0.717) is 19.3 Å². The summed E-state index contributed by atoms with van der Waals surface area (Å²) >= 11 is 0. The molecule has 6 nitrogen and oxygen atoms in total. The summed E-state index contributed by atoms with van der Waals surface area (Å²) in [4.78, 5) is 38.2.